The lowest BCUT2D eigenvalue weighted by Crippen LogP contribution is -2.08. The quantitative estimate of drug-likeness (QED) is 0.117. The number of nitrogens with one attached hydrogen (secondary N) is 1. The maximum atomic E-state index is 6.29. The summed E-state index contributed by atoms with van der Waals surface area (Å²) in [5, 5.41) is 6.82. The summed E-state index contributed by atoms with van der Waals surface area (Å²) in [4.78, 5) is 16.0. The fourth-order valence-electron chi connectivity index (χ4n) is 4.79. The molecular formula is C40H38Cl8N6O2. The lowest BCUT2D eigenvalue weighted by Gasteiger charge is -2.10. The molecule has 6 aromatic rings. The van der Waals surface area contributed by atoms with Crippen LogP contribution in [0.3, 0.4) is 0 Å². The molecule has 2 aromatic heterocycles. The summed E-state index contributed by atoms with van der Waals surface area (Å²) in [7, 11) is 0. The number of nitrogens with zero attached hydrogens (tertiary/aromatic N) is 4. The van der Waals surface area contributed by atoms with Gasteiger partial charge in [-0.1, -0.05) is 119 Å². The third-order valence-corrected chi connectivity index (χ3v) is 9.53. The first-order chi connectivity index (χ1) is 26.5. The van der Waals surface area contributed by atoms with E-state index in [0.29, 0.717) is 65.7 Å². The van der Waals surface area contributed by atoms with Crippen LogP contribution in [0.25, 0.3) is 0 Å². The molecule has 6 rings (SSSR count). The fourth-order valence-corrected chi connectivity index (χ4v) is 6.49. The Labute approximate surface area is 368 Å². The smallest absolute Gasteiger partial charge is 0.151 e. The molecule has 296 valence electrons. The van der Waals surface area contributed by atoms with Crippen LogP contribution in [-0.4, -0.2) is 33.0 Å². The fraction of sp³-hybridized carbons (Fsp3) is 0.200. The van der Waals surface area contributed by atoms with Gasteiger partial charge in [0.1, 0.15) is 46.5 Å². The van der Waals surface area contributed by atoms with Crippen molar-refractivity contribution in [3.05, 3.63) is 155 Å². The van der Waals surface area contributed by atoms with E-state index >= 15 is 0 Å². The molecule has 0 bridgehead atoms. The average molecular weight is 918 g/mol. The highest BCUT2D eigenvalue weighted by molar-refractivity contribution is 6.41. The van der Waals surface area contributed by atoms with Gasteiger partial charge in [-0.25, -0.2) is 19.9 Å². The second-order valence-electron chi connectivity index (χ2n) is 11.5. The predicted octanol–water partition coefficient (Wildman–Crippen LogP) is 13.5. The molecule has 0 unspecified atom stereocenters. The maximum absolute atomic E-state index is 6.29. The minimum Gasteiger partial charge on any atom is -0.457 e. The molecule has 0 amide bonds. The molecule has 0 saturated carbocycles. The molecule has 16 heteroatoms. The summed E-state index contributed by atoms with van der Waals surface area (Å²) in [5.41, 5.74) is 9.49. The first kappa shape index (κ1) is 47.1. The molecule has 4 aromatic carbocycles. The highest BCUT2D eigenvalue weighted by atomic mass is 35.5. The highest BCUT2D eigenvalue weighted by Crippen LogP contribution is 2.30. The number of hydrogen-bond acceptors (Lipinski definition) is 8. The Morgan fingerprint density at radius 3 is 1.39 bits per heavy atom. The standard InChI is InChI=1S/C20H18Cl3N3O.C14H13Cl2NO.C6H6Cl2N2.ClH/c1-2-18-19(23)20(26-12-25-18)24-8-7-13-3-5-16(6-4-13)27-17-10-14(21)9-15(22)11-17;15-11-7-12(16)9-14(8-11)18-13-3-1-10(2-4-13)5-6-17;1-2-4-5(7)6(8)10-3-9-4;/h3-6,9-12H,2,7-8H2,1H3,(H,24,25,26);1-4,7-9H,5-6,17H2;3H,2H2,1H3;1H. The van der Waals surface area contributed by atoms with Crippen LogP contribution in [-0.2, 0) is 25.7 Å². The van der Waals surface area contributed by atoms with E-state index in [2.05, 4.69) is 25.3 Å². The zero-order valence-corrected chi connectivity index (χ0v) is 36.3. The van der Waals surface area contributed by atoms with Crippen LogP contribution in [0.2, 0.25) is 35.3 Å². The number of aryl methyl sites for hydroxylation is 2. The molecule has 0 spiro atoms. The summed E-state index contributed by atoms with van der Waals surface area (Å²) in [6.45, 7) is 5.33. The van der Waals surface area contributed by atoms with E-state index in [1.165, 1.54) is 23.8 Å². The van der Waals surface area contributed by atoms with Gasteiger partial charge in [0.05, 0.1) is 16.4 Å². The second kappa shape index (κ2) is 24.5. The van der Waals surface area contributed by atoms with Crippen LogP contribution in [0.1, 0.15) is 36.4 Å². The van der Waals surface area contributed by atoms with E-state index in [1.807, 2.05) is 62.4 Å². The number of hydrogen-bond donors (Lipinski definition) is 2. The molecule has 56 heavy (non-hydrogen) atoms. The van der Waals surface area contributed by atoms with Crippen LogP contribution >= 0.6 is 93.6 Å². The Morgan fingerprint density at radius 2 is 0.964 bits per heavy atom. The van der Waals surface area contributed by atoms with Crippen molar-refractivity contribution in [3.63, 3.8) is 0 Å². The number of anilines is 1. The van der Waals surface area contributed by atoms with Gasteiger partial charge in [0.15, 0.2) is 5.15 Å². The van der Waals surface area contributed by atoms with Crippen molar-refractivity contribution in [2.45, 2.75) is 39.5 Å². The molecule has 0 aliphatic heterocycles. The summed E-state index contributed by atoms with van der Waals surface area (Å²) in [6, 6.07) is 25.9. The average Bonchev–Trinajstić information content (AvgIpc) is 3.15. The molecule has 0 aliphatic carbocycles. The van der Waals surface area contributed by atoms with E-state index in [-0.39, 0.29) is 12.4 Å². The van der Waals surface area contributed by atoms with Gasteiger partial charge in [0.2, 0.25) is 0 Å². The van der Waals surface area contributed by atoms with Gasteiger partial charge in [-0.15, -0.1) is 12.4 Å². The van der Waals surface area contributed by atoms with Crippen molar-refractivity contribution in [2.24, 2.45) is 5.73 Å². The van der Waals surface area contributed by atoms with E-state index < -0.39 is 0 Å². The summed E-state index contributed by atoms with van der Waals surface area (Å²) in [6.07, 6.45) is 6.18. The van der Waals surface area contributed by atoms with E-state index in [9.17, 15) is 0 Å². The normalized spacial score (nSPS) is 10.2. The molecule has 0 saturated heterocycles. The summed E-state index contributed by atoms with van der Waals surface area (Å²) >= 11 is 41.4. The monoisotopic (exact) mass is 914 g/mol. The zero-order valence-electron chi connectivity index (χ0n) is 30.2. The van der Waals surface area contributed by atoms with Crippen LogP contribution in [0.15, 0.2) is 97.6 Å². The van der Waals surface area contributed by atoms with Crippen molar-refractivity contribution in [1.82, 2.24) is 19.9 Å². The van der Waals surface area contributed by atoms with Gasteiger partial charge in [0, 0.05) is 26.6 Å². The van der Waals surface area contributed by atoms with Crippen LogP contribution in [0, 0.1) is 0 Å². The van der Waals surface area contributed by atoms with E-state index in [1.54, 1.807) is 36.4 Å². The van der Waals surface area contributed by atoms with Gasteiger partial charge in [-0.2, -0.15) is 0 Å². The first-order valence-corrected chi connectivity index (χ1v) is 19.7. The van der Waals surface area contributed by atoms with E-state index in [4.69, 9.17) is 96.4 Å². The molecule has 0 fully saturated rings. The number of nitrogens with two attached hydrogens (primary N) is 1. The third-order valence-electron chi connectivity index (χ3n) is 7.48. The number of benzene rings is 4. The minimum absolute atomic E-state index is 0. The Hall–Kier alpha value is -3.28. The Kier molecular flexibility index (Phi) is 20.6. The minimum atomic E-state index is 0. The highest BCUT2D eigenvalue weighted by Gasteiger charge is 2.08. The van der Waals surface area contributed by atoms with Crippen LogP contribution in [0.4, 0.5) is 5.82 Å². The molecule has 8 nitrogen and oxygen atoms in total. The topological polar surface area (TPSA) is 108 Å². The van der Waals surface area contributed by atoms with Gasteiger partial charge in [-0.3, -0.25) is 0 Å². The van der Waals surface area contributed by atoms with Gasteiger partial charge < -0.3 is 20.5 Å². The van der Waals surface area contributed by atoms with Gasteiger partial charge >= 0.3 is 0 Å². The largest absolute Gasteiger partial charge is 0.457 e. The molecular weight excluding hydrogens is 880 g/mol. The summed E-state index contributed by atoms with van der Waals surface area (Å²) in [5.74, 6) is 3.36. The third kappa shape index (κ3) is 15.6. The number of halogens is 8. The van der Waals surface area contributed by atoms with Crippen molar-refractivity contribution in [1.29, 1.82) is 0 Å². The molecule has 0 radical (unpaired) electrons. The molecule has 2 heterocycles. The van der Waals surface area contributed by atoms with Crippen molar-refractivity contribution >= 4 is 99.4 Å². The Bertz CT molecular complexity index is 2090. The van der Waals surface area contributed by atoms with Crippen LogP contribution in [0.5, 0.6) is 23.0 Å². The number of ether oxygens (including phenoxy) is 2. The molecule has 3 N–H and O–H groups in total. The SMILES string of the molecule is CCc1ncnc(Cl)c1Cl.CCc1ncnc(NCCc2ccc(Oc3cc(Cl)cc(Cl)c3)cc2)c1Cl.Cl.NCCc1ccc(Oc2cc(Cl)cc(Cl)c2)cc1. The first-order valence-electron chi connectivity index (χ1n) is 17.0. The lowest BCUT2D eigenvalue weighted by atomic mass is 10.1. The van der Waals surface area contributed by atoms with E-state index in [0.717, 1.165) is 48.6 Å². The maximum Gasteiger partial charge on any atom is 0.151 e. The predicted molar refractivity (Wildman–Crippen MR) is 236 cm³/mol. The molecule has 0 aliphatic rings. The van der Waals surface area contributed by atoms with Crippen molar-refractivity contribution in [2.75, 3.05) is 18.4 Å². The Morgan fingerprint density at radius 1 is 0.536 bits per heavy atom. The number of rotatable bonds is 12. The second-order valence-corrected chi connectivity index (χ2v) is 14.4. The summed E-state index contributed by atoms with van der Waals surface area (Å²) < 4.78 is 11.5. The number of aromatic nitrogens is 4. The Balaban J connectivity index is 0.000000249. The zero-order chi connectivity index (χ0) is 39.7. The molecule has 0 atom stereocenters. The lowest BCUT2D eigenvalue weighted by molar-refractivity contribution is 0.482. The van der Waals surface area contributed by atoms with Crippen molar-refractivity contribution < 1.29 is 9.47 Å². The van der Waals surface area contributed by atoms with Crippen LogP contribution < -0.4 is 20.5 Å². The van der Waals surface area contributed by atoms with Gasteiger partial charge in [-0.05, 0) is 104 Å². The van der Waals surface area contributed by atoms with Crippen molar-refractivity contribution in [3.8, 4) is 23.0 Å². The van der Waals surface area contributed by atoms with Gasteiger partial charge in [0.25, 0.3) is 0 Å².